The molecule has 0 N–H and O–H groups in total. The highest BCUT2D eigenvalue weighted by molar-refractivity contribution is 9.08. The van der Waals surface area contributed by atoms with Crippen LogP contribution in [0.4, 0.5) is 5.69 Å². The molecule has 0 atom stereocenters. The third-order valence-electron chi connectivity index (χ3n) is 3.70. The number of benzene rings is 1. The van der Waals surface area contributed by atoms with E-state index in [9.17, 15) is 0 Å². The van der Waals surface area contributed by atoms with Crippen molar-refractivity contribution in [1.29, 1.82) is 0 Å². The normalized spacial score (nSPS) is 14.6. The van der Waals surface area contributed by atoms with Crippen molar-refractivity contribution >= 4 is 33.0 Å². The first-order valence-electron chi connectivity index (χ1n) is 6.72. The summed E-state index contributed by atoms with van der Waals surface area (Å²) in [6.45, 7) is 3.26. The van der Waals surface area contributed by atoms with Crippen LogP contribution in [0.5, 0.6) is 0 Å². The van der Waals surface area contributed by atoms with Gasteiger partial charge in [0.15, 0.2) is 0 Å². The van der Waals surface area contributed by atoms with Gasteiger partial charge >= 0.3 is 0 Å². The third-order valence-corrected chi connectivity index (χ3v) is 5.16. The molecule has 3 rings (SSSR count). The van der Waals surface area contributed by atoms with Crippen LogP contribution in [0, 0.1) is 6.92 Å². The lowest BCUT2D eigenvalue weighted by Gasteiger charge is -2.25. The molecule has 1 nitrogen and oxygen atoms in total. The largest absolute Gasteiger partial charge is 0.363 e. The summed E-state index contributed by atoms with van der Waals surface area (Å²) in [5, 5.41) is 3.10. The van der Waals surface area contributed by atoms with Crippen molar-refractivity contribution in [3.05, 3.63) is 51.7 Å². The van der Waals surface area contributed by atoms with Crippen molar-refractivity contribution in [2.24, 2.45) is 0 Å². The predicted molar refractivity (Wildman–Crippen MR) is 87.3 cm³/mol. The molecule has 0 unspecified atom stereocenters. The van der Waals surface area contributed by atoms with Gasteiger partial charge in [-0.2, -0.15) is 0 Å². The van der Waals surface area contributed by atoms with Crippen LogP contribution in [-0.4, -0.2) is 6.04 Å². The number of nitrogens with zero attached hydrogens (tertiary/aromatic N) is 1. The zero-order valence-corrected chi connectivity index (χ0v) is 13.5. The van der Waals surface area contributed by atoms with Gasteiger partial charge in [0.25, 0.3) is 0 Å². The molecule has 1 aromatic carbocycles. The van der Waals surface area contributed by atoms with Gasteiger partial charge in [0.05, 0.1) is 6.54 Å². The molecule has 1 aliphatic carbocycles. The molecule has 19 heavy (non-hydrogen) atoms. The number of halogens is 1. The van der Waals surface area contributed by atoms with E-state index >= 15 is 0 Å². The van der Waals surface area contributed by atoms with Crippen LogP contribution in [-0.2, 0) is 11.9 Å². The van der Waals surface area contributed by atoms with E-state index in [2.05, 4.69) is 63.5 Å². The summed E-state index contributed by atoms with van der Waals surface area (Å²) in [6, 6.07) is 12.0. The van der Waals surface area contributed by atoms with Crippen LogP contribution in [0.3, 0.4) is 0 Å². The van der Waals surface area contributed by atoms with Crippen LogP contribution >= 0.6 is 27.3 Å². The Hall–Kier alpha value is -0.800. The second-order valence-electron chi connectivity index (χ2n) is 5.18. The van der Waals surface area contributed by atoms with E-state index in [1.54, 1.807) is 0 Å². The van der Waals surface area contributed by atoms with E-state index in [4.69, 9.17) is 0 Å². The summed E-state index contributed by atoms with van der Waals surface area (Å²) >= 11 is 5.40. The second kappa shape index (κ2) is 5.68. The lowest BCUT2D eigenvalue weighted by atomic mass is 10.1. The van der Waals surface area contributed by atoms with Gasteiger partial charge in [-0.15, -0.1) is 11.3 Å². The van der Waals surface area contributed by atoms with Gasteiger partial charge in [0.2, 0.25) is 0 Å². The molecule has 0 aliphatic heterocycles. The number of aryl methyl sites for hydroxylation is 1. The van der Waals surface area contributed by atoms with Crippen LogP contribution in [0.2, 0.25) is 0 Å². The van der Waals surface area contributed by atoms with Crippen LogP contribution in [0.1, 0.15) is 28.8 Å². The minimum absolute atomic E-state index is 0.747. The highest BCUT2D eigenvalue weighted by Crippen LogP contribution is 2.34. The smallest absolute Gasteiger partial charge is 0.0525 e. The van der Waals surface area contributed by atoms with Crippen molar-refractivity contribution in [3.63, 3.8) is 0 Å². The highest BCUT2D eigenvalue weighted by atomic mass is 79.9. The molecule has 1 saturated carbocycles. The lowest BCUT2D eigenvalue weighted by molar-refractivity contribution is 0.802. The van der Waals surface area contributed by atoms with Gasteiger partial charge < -0.3 is 4.90 Å². The van der Waals surface area contributed by atoms with Crippen molar-refractivity contribution in [2.75, 3.05) is 4.90 Å². The molecule has 0 radical (unpaired) electrons. The Bertz CT molecular complexity index is 546. The molecule has 2 aromatic rings. The summed E-state index contributed by atoms with van der Waals surface area (Å²) in [6.07, 6.45) is 2.68. The Kier molecular flexibility index (Phi) is 3.94. The minimum Gasteiger partial charge on any atom is -0.363 e. The number of hydrogen-bond acceptors (Lipinski definition) is 2. The monoisotopic (exact) mass is 335 g/mol. The second-order valence-corrected chi connectivity index (χ2v) is 6.78. The van der Waals surface area contributed by atoms with Gasteiger partial charge in [0, 0.05) is 21.9 Å². The maximum atomic E-state index is 3.55. The highest BCUT2D eigenvalue weighted by Gasteiger charge is 2.29. The Balaban J connectivity index is 1.85. The Morgan fingerprint density at radius 3 is 2.74 bits per heavy atom. The van der Waals surface area contributed by atoms with Gasteiger partial charge in [-0.3, -0.25) is 0 Å². The molecule has 0 saturated heterocycles. The molecule has 0 bridgehead atoms. The lowest BCUT2D eigenvalue weighted by Crippen LogP contribution is -2.24. The van der Waals surface area contributed by atoms with Crippen LogP contribution < -0.4 is 4.90 Å². The standard InChI is InChI=1S/C16H18BrNS/c1-12-9-15(5-4-13(12)10-17)18(14-6-7-14)11-16-3-2-8-19-16/h2-5,8-9,14H,6-7,10-11H2,1H3. The summed E-state index contributed by atoms with van der Waals surface area (Å²) < 4.78 is 0. The van der Waals surface area contributed by atoms with Gasteiger partial charge in [-0.1, -0.05) is 28.1 Å². The maximum Gasteiger partial charge on any atom is 0.0525 e. The average Bonchev–Trinajstić information content (AvgIpc) is 3.13. The zero-order chi connectivity index (χ0) is 13.2. The molecule has 1 heterocycles. The van der Waals surface area contributed by atoms with E-state index in [-0.39, 0.29) is 0 Å². The molecule has 3 heteroatoms. The third kappa shape index (κ3) is 3.03. The first-order valence-corrected chi connectivity index (χ1v) is 8.72. The van der Waals surface area contributed by atoms with Crippen LogP contribution in [0.15, 0.2) is 35.7 Å². The molecule has 1 aliphatic rings. The first kappa shape index (κ1) is 13.2. The fraction of sp³-hybridized carbons (Fsp3) is 0.375. The number of thiophene rings is 1. The Labute approximate surface area is 127 Å². The number of rotatable bonds is 5. The maximum absolute atomic E-state index is 3.55. The van der Waals surface area contributed by atoms with Crippen molar-refractivity contribution in [3.8, 4) is 0 Å². The van der Waals surface area contributed by atoms with E-state index in [1.165, 1.54) is 34.5 Å². The Morgan fingerprint density at radius 2 is 2.16 bits per heavy atom. The Morgan fingerprint density at radius 1 is 1.32 bits per heavy atom. The molecule has 0 amide bonds. The molecular weight excluding hydrogens is 318 g/mol. The fourth-order valence-electron chi connectivity index (χ4n) is 2.40. The molecule has 1 fully saturated rings. The van der Waals surface area contributed by atoms with Gasteiger partial charge in [0.1, 0.15) is 0 Å². The molecular formula is C16H18BrNS. The molecule has 0 spiro atoms. The van der Waals surface area contributed by atoms with E-state index in [1.807, 2.05) is 11.3 Å². The van der Waals surface area contributed by atoms with E-state index in [0.29, 0.717) is 0 Å². The van der Waals surface area contributed by atoms with Crippen molar-refractivity contribution < 1.29 is 0 Å². The summed E-state index contributed by atoms with van der Waals surface area (Å²) in [5.74, 6) is 0. The topological polar surface area (TPSA) is 3.24 Å². The molecule has 1 aromatic heterocycles. The van der Waals surface area contributed by atoms with E-state index < -0.39 is 0 Å². The van der Waals surface area contributed by atoms with Crippen LogP contribution in [0.25, 0.3) is 0 Å². The number of alkyl halides is 1. The van der Waals surface area contributed by atoms with Crippen molar-refractivity contribution in [1.82, 2.24) is 0 Å². The summed E-state index contributed by atoms with van der Waals surface area (Å²) in [4.78, 5) is 4.02. The average molecular weight is 336 g/mol. The fourth-order valence-corrected chi connectivity index (χ4v) is 3.73. The zero-order valence-electron chi connectivity index (χ0n) is 11.1. The summed E-state index contributed by atoms with van der Waals surface area (Å²) in [5.41, 5.74) is 4.14. The SMILES string of the molecule is Cc1cc(N(Cc2cccs2)C2CC2)ccc1CBr. The van der Waals surface area contributed by atoms with Gasteiger partial charge in [-0.05, 0) is 54.5 Å². The summed E-state index contributed by atoms with van der Waals surface area (Å²) in [7, 11) is 0. The first-order chi connectivity index (χ1) is 9.28. The van der Waals surface area contributed by atoms with E-state index in [0.717, 1.165) is 17.9 Å². The number of hydrogen-bond donors (Lipinski definition) is 0. The van der Waals surface area contributed by atoms with Gasteiger partial charge in [-0.25, -0.2) is 0 Å². The predicted octanol–water partition coefficient (Wildman–Crippen LogP) is 5.12. The minimum atomic E-state index is 0.747. The molecule has 100 valence electrons. The quantitative estimate of drug-likeness (QED) is 0.685. The number of anilines is 1. The van der Waals surface area contributed by atoms with Crippen molar-refractivity contribution in [2.45, 2.75) is 37.7 Å².